The predicted octanol–water partition coefficient (Wildman–Crippen LogP) is 1.57. The third-order valence-electron chi connectivity index (χ3n) is 2.87. The Kier molecular flexibility index (Phi) is 4.85. The van der Waals surface area contributed by atoms with Crippen molar-refractivity contribution in [1.29, 1.82) is 0 Å². The minimum atomic E-state index is 0.137. The normalized spacial score (nSPS) is 19.7. The van der Waals surface area contributed by atoms with Gasteiger partial charge in [-0.3, -0.25) is 0 Å². The Labute approximate surface area is 87.2 Å². The summed E-state index contributed by atoms with van der Waals surface area (Å²) in [5.74, 6) is 0. The summed E-state index contributed by atoms with van der Waals surface area (Å²) >= 11 is 0. The van der Waals surface area contributed by atoms with E-state index < -0.39 is 0 Å². The van der Waals surface area contributed by atoms with Crippen molar-refractivity contribution in [3.63, 3.8) is 0 Å². The van der Waals surface area contributed by atoms with Crippen LogP contribution in [0.3, 0.4) is 0 Å². The van der Waals surface area contributed by atoms with Crippen molar-refractivity contribution in [2.75, 3.05) is 26.8 Å². The Morgan fingerprint density at radius 1 is 1.36 bits per heavy atom. The summed E-state index contributed by atoms with van der Waals surface area (Å²) < 4.78 is 10.9. The molecule has 1 fully saturated rings. The minimum absolute atomic E-state index is 0.137. The van der Waals surface area contributed by atoms with Gasteiger partial charge in [0.25, 0.3) is 0 Å². The summed E-state index contributed by atoms with van der Waals surface area (Å²) in [7, 11) is 1.81. The van der Waals surface area contributed by atoms with Crippen molar-refractivity contribution in [1.82, 2.24) is 5.32 Å². The molecule has 1 rings (SSSR count). The fraction of sp³-hybridized carbons (Fsp3) is 1.00. The third-order valence-corrected chi connectivity index (χ3v) is 2.87. The van der Waals surface area contributed by atoms with Crippen molar-refractivity contribution in [2.45, 2.75) is 44.8 Å². The zero-order valence-corrected chi connectivity index (χ0v) is 9.64. The number of rotatable bonds is 7. The largest absolute Gasteiger partial charge is 0.377 e. The summed E-state index contributed by atoms with van der Waals surface area (Å²) in [6, 6.07) is 0. The van der Waals surface area contributed by atoms with Crippen LogP contribution in [0, 0.1) is 0 Å². The van der Waals surface area contributed by atoms with E-state index in [-0.39, 0.29) is 5.60 Å². The van der Waals surface area contributed by atoms with Crippen LogP contribution >= 0.6 is 0 Å². The van der Waals surface area contributed by atoms with E-state index in [0.717, 1.165) is 19.7 Å². The van der Waals surface area contributed by atoms with E-state index in [1.165, 1.54) is 19.3 Å². The van der Waals surface area contributed by atoms with Gasteiger partial charge >= 0.3 is 0 Å². The highest BCUT2D eigenvalue weighted by Gasteiger charge is 2.36. The molecule has 1 aliphatic carbocycles. The Morgan fingerprint density at radius 3 is 2.50 bits per heavy atom. The first kappa shape index (κ1) is 12.0. The summed E-state index contributed by atoms with van der Waals surface area (Å²) in [5.41, 5.74) is 0.137. The molecule has 0 aromatic rings. The monoisotopic (exact) mass is 201 g/mol. The molecule has 0 bridgehead atoms. The van der Waals surface area contributed by atoms with Gasteiger partial charge in [0.05, 0.1) is 18.3 Å². The minimum Gasteiger partial charge on any atom is -0.377 e. The molecule has 1 aliphatic rings. The van der Waals surface area contributed by atoms with Crippen LogP contribution in [-0.2, 0) is 9.47 Å². The van der Waals surface area contributed by atoms with E-state index in [9.17, 15) is 0 Å². The Bertz CT molecular complexity index is 150. The lowest BCUT2D eigenvalue weighted by Crippen LogP contribution is -2.48. The summed E-state index contributed by atoms with van der Waals surface area (Å²) in [5, 5.41) is 3.38. The Morgan fingerprint density at radius 2 is 2.07 bits per heavy atom. The van der Waals surface area contributed by atoms with Crippen molar-refractivity contribution >= 4 is 0 Å². The zero-order chi connectivity index (χ0) is 10.4. The van der Waals surface area contributed by atoms with Crippen LogP contribution in [0.2, 0.25) is 0 Å². The summed E-state index contributed by atoms with van der Waals surface area (Å²) in [6.45, 7) is 6.79. The first-order valence-electron chi connectivity index (χ1n) is 5.56. The average molecular weight is 201 g/mol. The topological polar surface area (TPSA) is 30.5 Å². The second-order valence-corrected chi connectivity index (χ2v) is 4.34. The van der Waals surface area contributed by atoms with Crippen molar-refractivity contribution < 1.29 is 9.47 Å². The molecule has 0 aliphatic heterocycles. The second kappa shape index (κ2) is 5.69. The molecule has 0 radical (unpaired) electrons. The first-order chi connectivity index (χ1) is 6.68. The highest BCUT2D eigenvalue weighted by Crippen LogP contribution is 2.34. The zero-order valence-electron chi connectivity index (χ0n) is 9.64. The van der Waals surface area contributed by atoms with E-state index in [1.54, 1.807) is 0 Å². The van der Waals surface area contributed by atoms with Gasteiger partial charge in [0.1, 0.15) is 0 Å². The lowest BCUT2D eigenvalue weighted by Gasteiger charge is -2.40. The molecule has 0 spiro atoms. The van der Waals surface area contributed by atoms with Gasteiger partial charge in [-0.2, -0.15) is 0 Å². The SMILES string of the molecule is COC1(CNCCOC(C)C)CCC1. The van der Waals surface area contributed by atoms with Gasteiger partial charge in [0.15, 0.2) is 0 Å². The molecule has 0 aromatic carbocycles. The third kappa shape index (κ3) is 3.56. The van der Waals surface area contributed by atoms with Crippen LogP contribution in [0.5, 0.6) is 0 Å². The van der Waals surface area contributed by atoms with Crippen LogP contribution in [0.15, 0.2) is 0 Å². The highest BCUT2D eigenvalue weighted by molar-refractivity contribution is 4.91. The lowest BCUT2D eigenvalue weighted by molar-refractivity contribution is -0.0701. The van der Waals surface area contributed by atoms with Crippen LogP contribution in [-0.4, -0.2) is 38.5 Å². The van der Waals surface area contributed by atoms with Gasteiger partial charge in [-0.1, -0.05) is 0 Å². The number of ether oxygens (including phenoxy) is 2. The summed E-state index contributed by atoms with van der Waals surface area (Å²) in [6.07, 6.45) is 4.03. The van der Waals surface area contributed by atoms with Crippen LogP contribution < -0.4 is 5.32 Å². The van der Waals surface area contributed by atoms with E-state index in [4.69, 9.17) is 9.47 Å². The standard InChI is InChI=1S/C11H23NO2/c1-10(2)14-8-7-12-9-11(13-3)5-4-6-11/h10,12H,4-9H2,1-3H3. The molecule has 0 saturated heterocycles. The van der Waals surface area contributed by atoms with Gasteiger partial charge in [-0.05, 0) is 33.1 Å². The Hall–Kier alpha value is -0.120. The molecule has 1 N–H and O–H groups in total. The van der Waals surface area contributed by atoms with Crippen molar-refractivity contribution in [2.24, 2.45) is 0 Å². The van der Waals surface area contributed by atoms with Crippen molar-refractivity contribution in [3.05, 3.63) is 0 Å². The Balaban J connectivity index is 1.97. The highest BCUT2D eigenvalue weighted by atomic mass is 16.5. The lowest BCUT2D eigenvalue weighted by atomic mass is 9.80. The maximum Gasteiger partial charge on any atom is 0.0802 e. The fourth-order valence-electron chi connectivity index (χ4n) is 1.71. The summed E-state index contributed by atoms with van der Waals surface area (Å²) in [4.78, 5) is 0. The molecule has 0 aromatic heterocycles. The van der Waals surface area contributed by atoms with E-state index in [2.05, 4.69) is 19.2 Å². The molecular formula is C11H23NO2. The molecule has 3 nitrogen and oxygen atoms in total. The quantitative estimate of drug-likeness (QED) is 0.634. The van der Waals surface area contributed by atoms with Gasteiger partial charge in [-0.25, -0.2) is 0 Å². The van der Waals surface area contributed by atoms with E-state index in [0.29, 0.717) is 6.10 Å². The molecular weight excluding hydrogens is 178 g/mol. The smallest absolute Gasteiger partial charge is 0.0802 e. The fourth-order valence-corrected chi connectivity index (χ4v) is 1.71. The molecule has 0 heterocycles. The molecule has 1 saturated carbocycles. The van der Waals surface area contributed by atoms with Crippen LogP contribution in [0.4, 0.5) is 0 Å². The van der Waals surface area contributed by atoms with Gasteiger partial charge in [0, 0.05) is 20.2 Å². The number of hydrogen-bond donors (Lipinski definition) is 1. The van der Waals surface area contributed by atoms with E-state index in [1.807, 2.05) is 7.11 Å². The van der Waals surface area contributed by atoms with Gasteiger partial charge < -0.3 is 14.8 Å². The molecule has 0 amide bonds. The van der Waals surface area contributed by atoms with Gasteiger partial charge in [-0.15, -0.1) is 0 Å². The van der Waals surface area contributed by atoms with Gasteiger partial charge in [0.2, 0.25) is 0 Å². The maximum absolute atomic E-state index is 5.50. The predicted molar refractivity (Wildman–Crippen MR) is 57.5 cm³/mol. The number of nitrogens with one attached hydrogen (secondary N) is 1. The van der Waals surface area contributed by atoms with Crippen LogP contribution in [0.25, 0.3) is 0 Å². The molecule has 14 heavy (non-hydrogen) atoms. The average Bonchev–Trinajstić information content (AvgIpc) is 2.08. The second-order valence-electron chi connectivity index (χ2n) is 4.34. The first-order valence-corrected chi connectivity index (χ1v) is 5.56. The maximum atomic E-state index is 5.50. The van der Waals surface area contributed by atoms with Crippen molar-refractivity contribution in [3.8, 4) is 0 Å². The van der Waals surface area contributed by atoms with E-state index >= 15 is 0 Å². The molecule has 0 unspecified atom stereocenters. The number of methoxy groups -OCH3 is 1. The molecule has 84 valence electrons. The van der Waals surface area contributed by atoms with Crippen LogP contribution in [0.1, 0.15) is 33.1 Å². The number of hydrogen-bond acceptors (Lipinski definition) is 3. The molecule has 3 heteroatoms. The molecule has 0 atom stereocenters.